The van der Waals surface area contributed by atoms with Crippen molar-refractivity contribution in [2.75, 3.05) is 7.11 Å². The van der Waals surface area contributed by atoms with Gasteiger partial charge in [-0.05, 0) is 93.1 Å². The second-order valence-corrected chi connectivity index (χ2v) is 20.4. The third-order valence-corrected chi connectivity index (χ3v) is 14.9. The Hall–Kier alpha value is -2.10. The monoisotopic (exact) mass is 651 g/mol. The first kappa shape index (κ1) is 40.9. The number of benzene rings is 1. The highest BCUT2D eigenvalue weighted by molar-refractivity contribution is 6.77. The Balaban J connectivity index is 3.35. The number of methoxy groups -OCH3 is 1. The Bertz CT molecular complexity index is 982. The summed E-state index contributed by atoms with van der Waals surface area (Å²) in [5, 5.41) is 12.4. The van der Waals surface area contributed by atoms with Crippen molar-refractivity contribution in [1.29, 1.82) is 0 Å². The molecule has 0 saturated heterocycles. The molecule has 0 saturated carbocycles. The maximum absolute atomic E-state index is 12.4. The van der Waals surface area contributed by atoms with Gasteiger partial charge in [0, 0.05) is 0 Å². The van der Waals surface area contributed by atoms with Gasteiger partial charge in [-0.3, -0.25) is 0 Å². The molecule has 45 heavy (non-hydrogen) atoms. The Labute approximate surface area is 275 Å². The van der Waals surface area contributed by atoms with Crippen LogP contribution >= 0.6 is 0 Å². The van der Waals surface area contributed by atoms with Crippen molar-refractivity contribution in [3.05, 3.63) is 29.8 Å². The van der Waals surface area contributed by atoms with Gasteiger partial charge in [0.1, 0.15) is 17.4 Å². The van der Waals surface area contributed by atoms with Gasteiger partial charge in [0.2, 0.25) is 8.32 Å². The van der Waals surface area contributed by atoms with Crippen molar-refractivity contribution in [3.63, 3.8) is 0 Å². The molecule has 8 nitrogen and oxygen atoms in total. The first-order valence-electron chi connectivity index (χ1n) is 17.0. The zero-order chi connectivity index (χ0) is 34.5. The number of rotatable bonds is 20. The minimum Gasteiger partial charge on any atom is -0.497 e. The molecule has 0 fully saturated rings. The third-order valence-electron chi connectivity index (χ3n) is 8.82. The standard InChI is InChI=1S/C36H65NO7Si/c1-24(2)17-20-30(15-14-16-32(34(38)39)37-35(40)43-36(10,11)12)33(44-45(25(3)4,26(5)6)27(7)8)28(9)42-23-29-18-21-31(41-13)22-19-29/h18-19,21-22,24-28,30,32-33H,14-17,20,23H2,1-13H3,(H,37,40)(H,38,39). The topological polar surface area (TPSA) is 103 Å². The molecule has 2 N–H and O–H groups in total. The smallest absolute Gasteiger partial charge is 0.408 e. The zero-order valence-corrected chi connectivity index (χ0v) is 31.6. The predicted molar refractivity (Wildman–Crippen MR) is 185 cm³/mol. The molecule has 1 aromatic rings. The maximum atomic E-state index is 12.4. The molecule has 1 amide bonds. The Morgan fingerprint density at radius 1 is 0.844 bits per heavy atom. The van der Waals surface area contributed by atoms with Crippen molar-refractivity contribution < 1.29 is 33.3 Å². The van der Waals surface area contributed by atoms with Gasteiger partial charge in [0.05, 0.1) is 25.9 Å². The van der Waals surface area contributed by atoms with Crippen LogP contribution < -0.4 is 10.1 Å². The minimum atomic E-state index is -2.28. The summed E-state index contributed by atoms with van der Waals surface area (Å²) in [5.74, 6) is 0.433. The van der Waals surface area contributed by atoms with E-state index in [9.17, 15) is 14.7 Å². The van der Waals surface area contributed by atoms with E-state index in [1.165, 1.54) is 0 Å². The number of ether oxygens (including phenoxy) is 3. The van der Waals surface area contributed by atoms with Gasteiger partial charge in [0.25, 0.3) is 0 Å². The molecule has 4 unspecified atom stereocenters. The lowest BCUT2D eigenvalue weighted by molar-refractivity contribution is -0.139. The first-order valence-corrected chi connectivity index (χ1v) is 19.1. The Kier molecular flexibility index (Phi) is 17.2. The molecule has 0 spiro atoms. The number of hydrogen-bond donors (Lipinski definition) is 2. The molecule has 0 aliphatic carbocycles. The fraction of sp³-hybridized carbons (Fsp3) is 0.778. The van der Waals surface area contributed by atoms with Crippen LogP contribution in [0.2, 0.25) is 16.6 Å². The van der Waals surface area contributed by atoms with E-state index in [0.717, 1.165) is 30.6 Å². The van der Waals surface area contributed by atoms with Gasteiger partial charge in [-0.15, -0.1) is 0 Å². The average molecular weight is 652 g/mol. The summed E-state index contributed by atoms with van der Waals surface area (Å²) in [5.41, 5.74) is 1.59. The van der Waals surface area contributed by atoms with Gasteiger partial charge in [-0.2, -0.15) is 0 Å². The van der Waals surface area contributed by atoms with E-state index in [2.05, 4.69) is 67.6 Å². The van der Waals surface area contributed by atoms with Gasteiger partial charge in [-0.1, -0.05) is 80.4 Å². The van der Waals surface area contributed by atoms with Crippen LogP contribution in [0.4, 0.5) is 4.79 Å². The van der Waals surface area contributed by atoms with E-state index >= 15 is 0 Å². The summed E-state index contributed by atoms with van der Waals surface area (Å²) in [6.45, 7) is 26.1. The maximum Gasteiger partial charge on any atom is 0.408 e. The van der Waals surface area contributed by atoms with E-state index < -0.39 is 32.0 Å². The summed E-state index contributed by atoms with van der Waals surface area (Å²) in [6, 6.07) is 6.92. The number of hydrogen-bond acceptors (Lipinski definition) is 6. The molecule has 0 aliphatic heterocycles. The molecule has 1 rings (SSSR count). The number of nitrogens with one attached hydrogen (secondary N) is 1. The van der Waals surface area contributed by atoms with E-state index in [0.29, 0.717) is 42.0 Å². The number of carboxylic acids is 1. The molecule has 260 valence electrons. The van der Waals surface area contributed by atoms with E-state index in [-0.39, 0.29) is 18.1 Å². The van der Waals surface area contributed by atoms with Crippen LogP contribution in [0.3, 0.4) is 0 Å². The zero-order valence-electron chi connectivity index (χ0n) is 30.6. The van der Waals surface area contributed by atoms with Crippen molar-refractivity contribution in [2.24, 2.45) is 11.8 Å². The van der Waals surface area contributed by atoms with Gasteiger partial charge >= 0.3 is 12.1 Å². The van der Waals surface area contributed by atoms with Crippen LogP contribution in [0.15, 0.2) is 24.3 Å². The lowest BCUT2D eigenvalue weighted by Crippen LogP contribution is -2.54. The number of carbonyl (C=O) groups excluding carboxylic acids is 1. The lowest BCUT2D eigenvalue weighted by atomic mass is 9.86. The van der Waals surface area contributed by atoms with Crippen LogP contribution in [-0.2, 0) is 25.3 Å². The van der Waals surface area contributed by atoms with Gasteiger partial charge in [-0.25, -0.2) is 9.59 Å². The fourth-order valence-corrected chi connectivity index (χ4v) is 12.2. The number of aliphatic carboxylic acids is 1. The number of carbonyl (C=O) groups is 2. The van der Waals surface area contributed by atoms with Gasteiger partial charge < -0.3 is 29.1 Å². The molecular weight excluding hydrogens is 586 g/mol. The Morgan fingerprint density at radius 3 is 1.84 bits per heavy atom. The molecule has 0 aromatic heterocycles. The van der Waals surface area contributed by atoms with Crippen LogP contribution in [-0.4, -0.2) is 56.4 Å². The summed E-state index contributed by atoms with van der Waals surface area (Å²) in [6.07, 6.45) is 2.65. The summed E-state index contributed by atoms with van der Waals surface area (Å²) >= 11 is 0. The molecule has 9 heteroatoms. The normalized spacial score (nSPS) is 15.3. The Morgan fingerprint density at radius 2 is 1.40 bits per heavy atom. The first-order chi connectivity index (χ1) is 20.8. The largest absolute Gasteiger partial charge is 0.497 e. The molecular formula is C36H65NO7Si. The number of amides is 1. The van der Waals surface area contributed by atoms with E-state index in [1.807, 2.05) is 24.3 Å². The lowest BCUT2D eigenvalue weighted by Gasteiger charge is -2.47. The van der Waals surface area contributed by atoms with Crippen LogP contribution in [0, 0.1) is 11.8 Å². The highest BCUT2D eigenvalue weighted by Gasteiger charge is 2.48. The van der Waals surface area contributed by atoms with E-state index in [1.54, 1.807) is 27.9 Å². The predicted octanol–water partition coefficient (Wildman–Crippen LogP) is 9.36. The summed E-state index contributed by atoms with van der Waals surface area (Å²) in [4.78, 5) is 24.5. The van der Waals surface area contributed by atoms with Crippen molar-refractivity contribution in [1.82, 2.24) is 5.32 Å². The highest BCUT2D eigenvalue weighted by Crippen LogP contribution is 2.45. The highest BCUT2D eigenvalue weighted by atomic mass is 28.4. The summed E-state index contributed by atoms with van der Waals surface area (Å²) in [7, 11) is -0.621. The fourth-order valence-electron chi connectivity index (χ4n) is 6.58. The quantitative estimate of drug-likeness (QED) is 0.135. The summed E-state index contributed by atoms with van der Waals surface area (Å²) < 4.78 is 24.8. The SMILES string of the molecule is COc1ccc(COC(C)C(O[Si](C(C)C)(C(C)C)C(C)C)C(CCCC(NC(=O)OC(C)(C)C)C(=O)O)CCC(C)C)cc1. The molecule has 0 heterocycles. The van der Waals surface area contributed by atoms with Crippen molar-refractivity contribution >= 4 is 20.4 Å². The number of alkyl carbamates (subject to hydrolysis) is 1. The molecule has 0 radical (unpaired) electrons. The van der Waals surface area contributed by atoms with Crippen molar-refractivity contribution in [2.45, 2.75) is 162 Å². The van der Waals surface area contributed by atoms with E-state index in [4.69, 9.17) is 18.6 Å². The van der Waals surface area contributed by atoms with Gasteiger partial charge in [0.15, 0.2) is 0 Å². The van der Waals surface area contributed by atoms with Crippen LogP contribution in [0.1, 0.15) is 121 Å². The second kappa shape index (κ2) is 18.9. The number of carboxylic acid groups (broad SMARTS) is 1. The molecule has 4 atom stereocenters. The molecule has 0 bridgehead atoms. The molecule has 0 aliphatic rings. The minimum absolute atomic E-state index is 0.150. The van der Waals surface area contributed by atoms with Crippen LogP contribution in [0.5, 0.6) is 5.75 Å². The third kappa shape index (κ3) is 13.7. The second-order valence-electron chi connectivity index (χ2n) is 15.0. The molecule has 1 aromatic carbocycles. The van der Waals surface area contributed by atoms with Crippen LogP contribution in [0.25, 0.3) is 0 Å². The average Bonchev–Trinajstić information content (AvgIpc) is 2.92. The van der Waals surface area contributed by atoms with Crippen molar-refractivity contribution in [3.8, 4) is 5.75 Å².